The molecule has 2 amide bonds. The van der Waals surface area contributed by atoms with E-state index in [4.69, 9.17) is 4.74 Å². The minimum Gasteiger partial charge on any atom is -0.378 e. The van der Waals surface area contributed by atoms with Gasteiger partial charge in [0.05, 0.1) is 36.0 Å². The standard InChI is InChI=1S/C25H28N4O4S/c30-21(10-5-11-29-16-26-19-8-3-1-6-17(19)24(29)31)27-23-22(18-7-2-4-9-20(18)34-23)25(32)28-12-14-33-15-13-28/h1,3,6,8,16H,2,4-5,7,9-15H2,(H,27,30). The number of nitrogens with zero attached hydrogens (tertiary/aromatic N) is 3. The second-order valence-corrected chi connectivity index (χ2v) is 9.84. The number of amides is 2. The number of rotatable bonds is 6. The Balaban J connectivity index is 1.27. The normalized spacial score (nSPS) is 15.8. The van der Waals surface area contributed by atoms with Crippen LogP contribution in [-0.2, 0) is 28.9 Å². The van der Waals surface area contributed by atoms with Crippen LogP contribution in [0.25, 0.3) is 10.9 Å². The van der Waals surface area contributed by atoms with Crippen molar-refractivity contribution in [2.45, 2.75) is 45.1 Å². The van der Waals surface area contributed by atoms with Gasteiger partial charge < -0.3 is 15.0 Å². The smallest absolute Gasteiger partial charge is 0.261 e. The molecule has 8 nitrogen and oxygen atoms in total. The zero-order valence-electron chi connectivity index (χ0n) is 19.0. The number of anilines is 1. The van der Waals surface area contributed by atoms with Gasteiger partial charge in [-0.25, -0.2) is 4.98 Å². The third-order valence-electron chi connectivity index (χ3n) is 6.47. The summed E-state index contributed by atoms with van der Waals surface area (Å²) in [6, 6.07) is 7.24. The van der Waals surface area contributed by atoms with Crippen LogP contribution in [0.15, 0.2) is 35.4 Å². The van der Waals surface area contributed by atoms with Crippen molar-refractivity contribution in [3.8, 4) is 0 Å². The van der Waals surface area contributed by atoms with E-state index >= 15 is 0 Å². The molecule has 1 aliphatic heterocycles. The second kappa shape index (κ2) is 10.1. The number of thiophene rings is 1. The number of ether oxygens (including phenoxy) is 1. The fourth-order valence-corrected chi connectivity index (χ4v) is 5.97. The van der Waals surface area contributed by atoms with E-state index in [9.17, 15) is 14.4 Å². The fraction of sp³-hybridized carbons (Fsp3) is 0.440. The van der Waals surface area contributed by atoms with Crippen molar-refractivity contribution in [2.24, 2.45) is 0 Å². The van der Waals surface area contributed by atoms with E-state index in [1.807, 2.05) is 23.1 Å². The molecular weight excluding hydrogens is 452 g/mol. The topological polar surface area (TPSA) is 93.5 Å². The summed E-state index contributed by atoms with van der Waals surface area (Å²) in [5.74, 6) is -0.150. The zero-order chi connectivity index (χ0) is 23.5. The second-order valence-electron chi connectivity index (χ2n) is 8.73. The van der Waals surface area contributed by atoms with Crippen molar-refractivity contribution in [3.05, 3.63) is 57.0 Å². The maximum Gasteiger partial charge on any atom is 0.261 e. The number of aromatic nitrogens is 2. The summed E-state index contributed by atoms with van der Waals surface area (Å²) in [7, 11) is 0. The van der Waals surface area contributed by atoms with E-state index < -0.39 is 0 Å². The lowest BCUT2D eigenvalue weighted by Gasteiger charge is -2.27. The summed E-state index contributed by atoms with van der Waals surface area (Å²) in [6.45, 7) is 2.65. The molecule has 0 spiro atoms. The molecule has 0 saturated carbocycles. The van der Waals surface area contributed by atoms with E-state index in [1.165, 1.54) is 11.2 Å². The number of hydrogen-bond acceptors (Lipinski definition) is 6. The number of para-hydroxylation sites is 1. The zero-order valence-corrected chi connectivity index (χ0v) is 19.9. The Hall–Kier alpha value is -3.04. The number of fused-ring (bicyclic) bond motifs is 2. The molecule has 0 unspecified atom stereocenters. The number of benzene rings is 1. The maximum atomic E-state index is 13.4. The molecule has 0 atom stereocenters. The minimum atomic E-state index is -0.142. The Morgan fingerprint density at radius 3 is 2.76 bits per heavy atom. The summed E-state index contributed by atoms with van der Waals surface area (Å²) in [4.78, 5) is 46.2. The van der Waals surface area contributed by atoms with Crippen LogP contribution in [0.4, 0.5) is 5.00 Å². The lowest BCUT2D eigenvalue weighted by molar-refractivity contribution is -0.116. The van der Waals surface area contributed by atoms with Crippen molar-refractivity contribution in [1.29, 1.82) is 0 Å². The molecule has 34 heavy (non-hydrogen) atoms. The molecule has 1 aliphatic carbocycles. The van der Waals surface area contributed by atoms with Crippen LogP contribution in [-0.4, -0.2) is 52.6 Å². The minimum absolute atomic E-state index is 0.00760. The van der Waals surface area contributed by atoms with Gasteiger partial charge in [0.2, 0.25) is 5.91 Å². The number of carbonyl (C=O) groups excluding carboxylic acids is 2. The van der Waals surface area contributed by atoms with Crippen molar-refractivity contribution in [3.63, 3.8) is 0 Å². The highest BCUT2D eigenvalue weighted by molar-refractivity contribution is 7.17. The Labute approximate surface area is 201 Å². The van der Waals surface area contributed by atoms with Crippen LogP contribution in [0.1, 0.15) is 46.5 Å². The SMILES string of the molecule is O=C(CCCn1cnc2ccccc2c1=O)Nc1sc2c(c1C(=O)N1CCOCC1)CCCC2. The first kappa shape index (κ1) is 22.7. The summed E-state index contributed by atoms with van der Waals surface area (Å²) in [6.07, 6.45) is 6.31. The fourth-order valence-electron chi connectivity index (χ4n) is 4.67. The summed E-state index contributed by atoms with van der Waals surface area (Å²) in [5, 5.41) is 4.25. The molecule has 2 aliphatic rings. The largest absolute Gasteiger partial charge is 0.378 e. The van der Waals surface area contributed by atoms with Gasteiger partial charge in [0.1, 0.15) is 5.00 Å². The first-order valence-corrected chi connectivity index (χ1v) is 12.7. The third-order valence-corrected chi connectivity index (χ3v) is 7.68. The lowest BCUT2D eigenvalue weighted by Crippen LogP contribution is -2.41. The van der Waals surface area contributed by atoms with Crippen LogP contribution in [0.5, 0.6) is 0 Å². The van der Waals surface area contributed by atoms with Gasteiger partial charge in [-0.2, -0.15) is 0 Å². The van der Waals surface area contributed by atoms with E-state index in [2.05, 4.69) is 10.3 Å². The van der Waals surface area contributed by atoms with Crippen LogP contribution >= 0.6 is 11.3 Å². The molecule has 5 rings (SSSR count). The highest BCUT2D eigenvalue weighted by atomic mass is 32.1. The number of morpholine rings is 1. The van der Waals surface area contributed by atoms with E-state index in [-0.39, 0.29) is 23.8 Å². The van der Waals surface area contributed by atoms with Gasteiger partial charge in [-0.3, -0.25) is 19.0 Å². The van der Waals surface area contributed by atoms with Crippen LogP contribution in [0.3, 0.4) is 0 Å². The van der Waals surface area contributed by atoms with Gasteiger partial charge in [-0.05, 0) is 49.8 Å². The molecule has 178 valence electrons. The Kier molecular flexibility index (Phi) is 6.73. The summed E-state index contributed by atoms with van der Waals surface area (Å²) in [5.41, 5.74) is 2.35. The number of nitrogens with one attached hydrogen (secondary N) is 1. The number of aryl methyl sites for hydroxylation is 2. The van der Waals surface area contributed by atoms with Crippen LogP contribution < -0.4 is 10.9 Å². The Morgan fingerprint density at radius 2 is 1.91 bits per heavy atom. The Bertz CT molecular complexity index is 1280. The maximum absolute atomic E-state index is 13.4. The van der Waals surface area contributed by atoms with E-state index in [0.717, 1.165) is 31.2 Å². The third kappa shape index (κ3) is 4.63. The highest BCUT2D eigenvalue weighted by Gasteiger charge is 2.30. The van der Waals surface area contributed by atoms with E-state index in [1.54, 1.807) is 22.0 Å². The number of hydrogen-bond donors (Lipinski definition) is 1. The van der Waals surface area contributed by atoms with Gasteiger partial charge in [0.25, 0.3) is 11.5 Å². The first-order valence-electron chi connectivity index (χ1n) is 11.9. The molecular formula is C25H28N4O4S. The molecule has 0 radical (unpaired) electrons. The van der Waals surface area contributed by atoms with Gasteiger partial charge in [0, 0.05) is 30.9 Å². The molecule has 9 heteroatoms. The van der Waals surface area contributed by atoms with E-state index in [0.29, 0.717) is 60.7 Å². The Morgan fingerprint density at radius 1 is 1.12 bits per heavy atom. The first-order chi connectivity index (χ1) is 16.6. The average Bonchev–Trinajstić information content (AvgIpc) is 3.23. The molecule has 1 N–H and O–H groups in total. The quantitative estimate of drug-likeness (QED) is 0.585. The molecule has 1 fully saturated rings. The molecule has 3 heterocycles. The highest BCUT2D eigenvalue weighted by Crippen LogP contribution is 2.39. The van der Waals surface area contributed by atoms with Gasteiger partial charge in [-0.1, -0.05) is 12.1 Å². The predicted molar refractivity (Wildman–Crippen MR) is 132 cm³/mol. The summed E-state index contributed by atoms with van der Waals surface area (Å²) >= 11 is 1.54. The summed E-state index contributed by atoms with van der Waals surface area (Å²) < 4.78 is 6.95. The van der Waals surface area contributed by atoms with Crippen molar-refractivity contribution in [2.75, 3.05) is 31.6 Å². The number of carbonyl (C=O) groups is 2. The van der Waals surface area contributed by atoms with Gasteiger partial charge >= 0.3 is 0 Å². The predicted octanol–water partition coefficient (Wildman–Crippen LogP) is 3.23. The van der Waals surface area contributed by atoms with Crippen molar-refractivity contribution < 1.29 is 14.3 Å². The molecule has 1 saturated heterocycles. The lowest BCUT2D eigenvalue weighted by atomic mass is 9.95. The molecule has 2 aromatic heterocycles. The molecule has 1 aromatic carbocycles. The van der Waals surface area contributed by atoms with Gasteiger partial charge in [0.15, 0.2) is 0 Å². The van der Waals surface area contributed by atoms with Crippen LogP contribution in [0.2, 0.25) is 0 Å². The average molecular weight is 481 g/mol. The molecule has 3 aromatic rings. The van der Waals surface area contributed by atoms with Crippen molar-refractivity contribution >= 4 is 39.1 Å². The van der Waals surface area contributed by atoms with Crippen molar-refractivity contribution in [1.82, 2.24) is 14.5 Å². The monoisotopic (exact) mass is 480 g/mol. The molecule has 0 bridgehead atoms. The van der Waals surface area contributed by atoms with Gasteiger partial charge in [-0.15, -0.1) is 11.3 Å². The van der Waals surface area contributed by atoms with Crippen LogP contribution in [0, 0.1) is 0 Å².